The van der Waals surface area contributed by atoms with Gasteiger partial charge >= 0.3 is 6.09 Å². The molecule has 1 N–H and O–H groups in total. The third kappa shape index (κ3) is 3.65. The van der Waals surface area contributed by atoms with Gasteiger partial charge in [0.15, 0.2) is 0 Å². The van der Waals surface area contributed by atoms with Crippen LogP contribution in [0.3, 0.4) is 0 Å². The quantitative estimate of drug-likeness (QED) is 0.350. The fourth-order valence-corrected chi connectivity index (χ4v) is 3.54. The summed E-state index contributed by atoms with van der Waals surface area (Å²) in [6, 6.07) is 15.9. The number of rotatable bonds is 6. The average molecular weight is 401 g/mol. The van der Waals surface area contributed by atoms with E-state index in [1.165, 1.54) is 7.11 Å². The summed E-state index contributed by atoms with van der Waals surface area (Å²) < 4.78 is 12.5. The van der Waals surface area contributed by atoms with Crippen molar-refractivity contribution in [2.24, 2.45) is 0 Å². The molecule has 1 amide bonds. The number of hydrogen-bond donors (Lipinski definition) is 1. The second kappa shape index (κ2) is 8.39. The zero-order valence-electron chi connectivity index (χ0n) is 17.0. The predicted octanol–water partition coefficient (Wildman–Crippen LogP) is 5.34. The van der Waals surface area contributed by atoms with Crippen molar-refractivity contribution in [3.8, 4) is 11.3 Å². The van der Waals surface area contributed by atoms with Crippen molar-refractivity contribution in [3.05, 3.63) is 78.6 Å². The van der Waals surface area contributed by atoms with Gasteiger partial charge in [-0.05, 0) is 36.1 Å². The molecule has 0 atom stereocenters. The van der Waals surface area contributed by atoms with Gasteiger partial charge in [-0.2, -0.15) is 0 Å². The van der Waals surface area contributed by atoms with Crippen molar-refractivity contribution >= 4 is 28.2 Å². The fraction of sp³-hybridized carbons (Fsp3) is 0.167. The number of benzene rings is 2. The monoisotopic (exact) mass is 401 g/mol. The first-order valence-electron chi connectivity index (χ1n) is 9.65. The van der Waals surface area contributed by atoms with E-state index in [4.69, 9.17) is 14.5 Å². The van der Waals surface area contributed by atoms with E-state index in [1.807, 2.05) is 42.6 Å². The third-order valence-electron chi connectivity index (χ3n) is 5.01. The summed E-state index contributed by atoms with van der Waals surface area (Å²) in [6.07, 6.45) is 3.23. The highest BCUT2D eigenvalue weighted by Crippen LogP contribution is 2.31. The summed E-state index contributed by atoms with van der Waals surface area (Å²) in [4.78, 5) is 16.6. The average Bonchev–Trinajstić information content (AvgIpc) is 3.13. The minimum absolute atomic E-state index is 0.405. The molecular weight excluding hydrogens is 378 g/mol. The number of methoxy groups -OCH3 is 1. The molecular formula is C24H23N3O3. The Morgan fingerprint density at radius 3 is 2.83 bits per heavy atom. The molecule has 0 bridgehead atoms. The number of pyridine rings is 1. The number of carbonyl (C=O) groups is 1. The maximum atomic E-state index is 11.6. The lowest BCUT2D eigenvalue weighted by atomic mass is 10.0. The van der Waals surface area contributed by atoms with E-state index >= 15 is 0 Å². The molecule has 0 fully saturated rings. The molecule has 6 heteroatoms. The van der Waals surface area contributed by atoms with E-state index in [-0.39, 0.29) is 0 Å². The molecule has 0 unspecified atom stereocenters. The Bertz CT molecular complexity index is 1240. The number of aromatic nitrogens is 2. The topological polar surface area (TPSA) is 64.9 Å². The van der Waals surface area contributed by atoms with Crippen LogP contribution in [0.15, 0.2) is 67.4 Å². The molecule has 6 nitrogen and oxygen atoms in total. The van der Waals surface area contributed by atoms with E-state index in [0.29, 0.717) is 18.9 Å². The number of carbonyl (C=O) groups excluding carboxylic acids is 1. The number of anilines is 1. The molecule has 0 aliphatic heterocycles. The maximum Gasteiger partial charge on any atom is 0.411 e. The minimum atomic E-state index is -0.510. The Kier molecular flexibility index (Phi) is 5.50. The molecule has 0 saturated heterocycles. The zero-order valence-corrected chi connectivity index (χ0v) is 17.0. The van der Waals surface area contributed by atoms with E-state index in [1.54, 1.807) is 6.08 Å². The van der Waals surface area contributed by atoms with Crippen LogP contribution in [-0.4, -0.2) is 29.2 Å². The lowest BCUT2D eigenvalue weighted by Gasteiger charge is -2.09. The SMILES string of the molecule is C=CCOCc1c(-c2ccccc2C)nc2c3cc(NC(=O)OC)ccc3ccn12. The lowest BCUT2D eigenvalue weighted by Crippen LogP contribution is -2.10. The first kappa shape index (κ1) is 19.7. The molecule has 2 aromatic heterocycles. The van der Waals surface area contributed by atoms with Crippen molar-refractivity contribution in [1.29, 1.82) is 0 Å². The summed E-state index contributed by atoms with van der Waals surface area (Å²) >= 11 is 0. The van der Waals surface area contributed by atoms with Crippen LogP contribution in [0.2, 0.25) is 0 Å². The van der Waals surface area contributed by atoms with Crippen LogP contribution in [0.5, 0.6) is 0 Å². The Morgan fingerprint density at radius 2 is 2.07 bits per heavy atom. The van der Waals surface area contributed by atoms with Crippen LogP contribution in [-0.2, 0) is 16.1 Å². The number of ether oxygens (including phenoxy) is 2. The Hall–Kier alpha value is -3.64. The number of nitrogens with one attached hydrogen (secondary N) is 1. The van der Waals surface area contributed by atoms with Crippen LogP contribution in [0.25, 0.3) is 27.7 Å². The number of nitrogens with zero attached hydrogens (tertiary/aromatic N) is 2. The highest BCUT2D eigenvalue weighted by molar-refractivity contribution is 5.99. The second-order valence-electron chi connectivity index (χ2n) is 6.95. The largest absolute Gasteiger partial charge is 0.453 e. The van der Waals surface area contributed by atoms with Gasteiger partial charge in [0.2, 0.25) is 0 Å². The molecule has 0 aliphatic rings. The highest BCUT2D eigenvalue weighted by atomic mass is 16.5. The van der Waals surface area contributed by atoms with E-state index in [9.17, 15) is 4.79 Å². The molecule has 0 aliphatic carbocycles. The molecule has 30 heavy (non-hydrogen) atoms. The molecule has 0 saturated carbocycles. The lowest BCUT2D eigenvalue weighted by molar-refractivity contribution is 0.146. The Labute approximate surface area is 174 Å². The number of fused-ring (bicyclic) bond motifs is 3. The van der Waals surface area contributed by atoms with E-state index in [0.717, 1.165) is 38.9 Å². The Morgan fingerprint density at radius 1 is 1.23 bits per heavy atom. The number of imidazole rings is 1. The smallest absolute Gasteiger partial charge is 0.411 e. The van der Waals surface area contributed by atoms with E-state index < -0.39 is 6.09 Å². The molecule has 2 aromatic carbocycles. The first-order chi connectivity index (χ1) is 14.6. The van der Waals surface area contributed by atoms with Gasteiger partial charge in [-0.25, -0.2) is 9.78 Å². The van der Waals surface area contributed by atoms with Gasteiger partial charge in [-0.15, -0.1) is 6.58 Å². The highest BCUT2D eigenvalue weighted by Gasteiger charge is 2.17. The van der Waals surface area contributed by atoms with Crippen LogP contribution in [0, 0.1) is 6.92 Å². The molecule has 4 rings (SSSR count). The second-order valence-corrected chi connectivity index (χ2v) is 6.95. The van der Waals surface area contributed by atoms with Crippen molar-refractivity contribution in [2.45, 2.75) is 13.5 Å². The summed E-state index contributed by atoms with van der Waals surface area (Å²) in [7, 11) is 1.34. The fourth-order valence-electron chi connectivity index (χ4n) is 3.54. The van der Waals surface area contributed by atoms with Crippen molar-refractivity contribution in [1.82, 2.24) is 9.38 Å². The summed E-state index contributed by atoms with van der Waals surface area (Å²) in [6.45, 7) is 6.66. The summed E-state index contributed by atoms with van der Waals surface area (Å²) in [5.74, 6) is 0. The third-order valence-corrected chi connectivity index (χ3v) is 5.01. The van der Waals surface area contributed by atoms with Gasteiger partial charge in [0.25, 0.3) is 0 Å². The van der Waals surface area contributed by atoms with Gasteiger partial charge in [-0.3, -0.25) is 5.32 Å². The van der Waals surface area contributed by atoms with Gasteiger partial charge < -0.3 is 13.9 Å². The van der Waals surface area contributed by atoms with Crippen LogP contribution < -0.4 is 5.32 Å². The normalized spacial score (nSPS) is 11.0. The number of aryl methyl sites for hydroxylation is 1. The Balaban J connectivity index is 1.93. The molecule has 0 radical (unpaired) electrons. The number of amides is 1. The van der Waals surface area contributed by atoms with Gasteiger partial charge in [0, 0.05) is 22.8 Å². The van der Waals surface area contributed by atoms with Gasteiger partial charge in [0.05, 0.1) is 31.7 Å². The number of hydrogen-bond acceptors (Lipinski definition) is 4. The summed E-state index contributed by atoms with van der Waals surface area (Å²) in [5, 5.41) is 4.67. The van der Waals surface area contributed by atoms with Gasteiger partial charge in [0.1, 0.15) is 5.65 Å². The predicted molar refractivity (Wildman–Crippen MR) is 119 cm³/mol. The maximum absolute atomic E-state index is 11.6. The molecule has 4 aromatic rings. The molecule has 2 heterocycles. The van der Waals surface area contributed by atoms with Crippen molar-refractivity contribution in [3.63, 3.8) is 0 Å². The molecule has 0 spiro atoms. The van der Waals surface area contributed by atoms with Crippen LogP contribution >= 0.6 is 0 Å². The standard InChI is InChI=1S/C24H23N3O3/c1-4-13-30-15-21-22(19-8-6-5-7-16(19)2)26-23-20-14-18(25-24(28)29-3)10-9-17(20)11-12-27(21)23/h4-12,14H,1,13,15H2,2-3H3,(H,25,28). The minimum Gasteiger partial charge on any atom is -0.453 e. The van der Waals surface area contributed by atoms with Crippen LogP contribution in [0.1, 0.15) is 11.3 Å². The van der Waals surface area contributed by atoms with Crippen molar-refractivity contribution < 1.29 is 14.3 Å². The molecule has 152 valence electrons. The zero-order chi connectivity index (χ0) is 21.1. The van der Waals surface area contributed by atoms with Crippen LogP contribution in [0.4, 0.5) is 10.5 Å². The van der Waals surface area contributed by atoms with Crippen molar-refractivity contribution in [2.75, 3.05) is 19.0 Å². The van der Waals surface area contributed by atoms with Gasteiger partial charge in [-0.1, -0.05) is 36.4 Å². The van der Waals surface area contributed by atoms with E-state index in [2.05, 4.69) is 35.4 Å². The first-order valence-corrected chi connectivity index (χ1v) is 9.65. The summed E-state index contributed by atoms with van der Waals surface area (Å²) in [5.41, 5.74) is 5.51.